The van der Waals surface area contributed by atoms with Crippen LogP contribution >= 0.6 is 11.6 Å². The number of hydrogen-bond donors (Lipinski definition) is 2. The standard InChI is InChI=1S/C16H10ClF3N2O/c17-11-4-5-13-9(6-11)7-14(22-13)15(23)21-12-3-1-2-10(8-12)16(18,19)20/h1-8,22H,(H,21,23). The van der Waals surface area contributed by atoms with Gasteiger partial charge in [-0.05, 0) is 42.5 Å². The normalized spacial score (nSPS) is 11.7. The number of anilines is 1. The van der Waals surface area contributed by atoms with E-state index in [2.05, 4.69) is 10.3 Å². The molecule has 0 radical (unpaired) electrons. The van der Waals surface area contributed by atoms with Crippen LogP contribution in [0.3, 0.4) is 0 Å². The van der Waals surface area contributed by atoms with E-state index in [9.17, 15) is 18.0 Å². The molecule has 3 aromatic rings. The SMILES string of the molecule is O=C(Nc1cccc(C(F)(F)F)c1)c1cc2cc(Cl)ccc2[nH]1. The summed E-state index contributed by atoms with van der Waals surface area (Å²) in [4.78, 5) is 15.1. The number of aromatic nitrogens is 1. The lowest BCUT2D eigenvalue weighted by atomic mass is 10.2. The van der Waals surface area contributed by atoms with Crippen molar-refractivity contribution in [2.24, 2.45) is 0 Å². The molecule has 0 aliphatic carbocycles. The van der Waals surface area contributed by atoms with Crippen molar-refractivity contribution in [1.82, 2.24) is 4.98 Å². The van der Waals surface area contributed by atoms with Crippen molar-refractivity contribution >= 4 is 34.1 Å². The van der Waals surface area contributed by atoms with E-state index >= 15 is 0 Å². The Morgan fingerprint density at radius 3 is 2.61 bits per heavy atom. The van der Waals surface area contributed by atoms with E-state index in [1.807, 2.05) is 0 Å². The fourth-order valence-electron chi connectivity index (χ4n) is 2.20. The summed E-state index contributed by atoms with van der Waals surface area (Å²) >= 11 is 5.88. The highest BCUT2D eigenvalue weighted by molar-refractivity contribution is 6.31. The summed E-state index contributed by atoms with van der Waals surface area (Å²) in [6.45, 7) is 0. The molecule has 0 bridgehead atoms. The zero-order chi connectivity index (χ0) is 16.6. The molecule has 2 aromatic carbocycles. The van der Waals surface area contributed by atoms with Gasteiger partial charge in [-0.15, -0.1) is 0 Å². The van der Waals surface area contributed by atoms with E-state index in [1.165, 1.54) is 12.1 Å². The van der Waals surface area contributed by atoms with E-state index in [1.54, 1.807) is 24.3 Å². The Morgan fingerprint density at radius 1 is 1.09 bits per heavy atom. The topological polar surface area (TPSA) is 44.9 Å². The number of nitrogens with one attached hydrogen (secondary N) is 2. The summed E-state index contributed by atoms with van der Waals surface area (Å²) < 4.78 is 38.0. The lowest BCUT2D eigenvalue weighted by Crippen LogP contribution is -2.13. The van der Waals surface area contributed by atoms with E-state index in [-0.39, 0.29) is 11.4 Å². The van der Waals surface area contributed by atoms with Gasteiger partial charge in [0, 0.05) is 21.6 Å². The van der Waals surface area contributed by atoms with Gasteiger partial charge in [-0.1, -0.05) is 17.7 Å². The number of amides is 1. The number of H-pyrrole nitrogens is 1. The highest BCUT2D eigenvalue weighted by atomic mass is 35.5. The second-order valence-corrected chi connectivity index (χ2v) is 5.38. The summed E-state index contributed by atoms with van der Waals surface area (Å²) in [7, 11) is 0. The lowest BCUT2D eigenvalue weighted by Gasteiger charge is -2.09. The smallest absolute Gasteiger partial charge is 0.351 e. The molecular weight excluding hydrogens is 329 g/mol. The summed E-state index contributed by atoms with van der Waals surface area (Å²) in [5, 5.41) is 3.71. The van der Waals surface area contributed by atoms with Crippen LogP contribution in [-0.4, -0.2) is 10.9 Å². The predicted molar refractivity (Wildman–Crippen MR) is 82.7 cm³/mol. The zero-order valence-corrected chi connectivity index (χ0v) is 12.3. The molecule has 3 rings (SSSR count). The third kappa shape index (κ3) is 3.32. The second-order valence-electron chi connectivity index (χ2n) is 4.95. The van der Waals surface area contributed by atoms with Gasteiger partial charge in [0.25, 0.3) is 5.91 Å². The van der Waals surface area contributed by atoms with E-state index < -0.39 is 17.6 Å². The zero-order valence-electron chi connectivity index (χ0n) is 11.5. The Labute approximate surface area is 134 Å². The monoisotopic (exact) mass is 338 g/mol. The van der Waals surface area contributed by atoms with Gasteiger partial charge in [-0.3, -0.25) is 4.79 Å². The average Bonchev–Trinajstić information content (AvgIpc) is 2.90. The quantitative estimate of drug-likeness (QED) is 0.671. The molecule has 0 unspecified atom stereocenters. The molecule has 0 spiro atoms. The van der Waals surface area contributed by atoms with Crippen LogP contribution in [0.1, 0.15) is 16.1 Å². The van der Waals surface area contributed by atoms with Gasteiger partial charge < -0.3 is 10.3 Å². The van der Waals surface area contributed by atoms with Gasteiger partial charge in [0.2, 0.25) is 0 Å². The summed E-state index contributed by atoms with van der Waals surface area (Å²) in [6, 6.07) is 11.1. The Kier molecular flexibility index (Phi) is 3.77. The summed E-state index contributed by atoms with van der Waals surface area (Å²) in [5.74, 6) is -0.531. The van der Waals surface area contributed by atoms with E-state index in [4.69, 9.17) is 11.6 Å². The molecule has 0 saturated carbocycles. The van der Waals surface area contributed by atoms with Gasteiger partial charge in [0.15, 0.2) is 0 Å². The first-order chi connectivity index (χ1) is 10.8. The highest BCUT2D eigenvalue weighted by Gasteiger charge is 2.30. The van der Waals surface area contributed by atoms with E-state index in [0.717, 1.165) is 17.5 Å². The van der Waals surface area contributed by atoms with Crippen molar-refractivity contribution in [3.05, 3.63) is 64.8 Å². The Hall–Kier alpha value is -2.47. The molecule has 1 amide bonds. The van der Waals surface area contributed by atoms with Crippen molar-refractivity contribution in [2.45, 2.75) is 6.18 Å². The molecule has 0 aliphatic rings. The number of alkyl halides is 3. The van der Waals surface area contributed by atoms with Crippen LogP contribution in [-0.2, 0) is 6.18 Å². The van der Waals surface area contributed by atoms with Gasteiger partial charge in [0.1, 0.15) is 5.69 Å². The van der Waals surface area contributed by atoms with Gasteiger partial charge in [-0.25, -0.2) is 0 Å². The van der Waals surface area contributed by atoms with Crippen molar-refractivity contribution in [3.63, 3.8) is 0 Å². The fraction of sp³-hybridized carbons (Fsp3) is 0.0625. The highest BCUT2D eigenvalue weighted by Crippen LogP contribution is 2.30. The number of aromatic amines is 1. The largest absolute Gasteiger partial charge is 0.416 e. The maximum Gasteiger partial charge on any atom is 0.416 e. The molecule has 23 heavy (non-hydrogen) atoms. The predicted octanol–water partition coefficient (Wildman–Crippen LogP) is 5.09. The number of carbonyl (C=O) groups excluding carboxylic acids is 1. The van der Waals surface area contributed by atoms with Crippen LogP contribution in [0.2, 0.25) is 5.02 Å². The summed E-state index contributed by atoms with van der Waals surface area (Å²) in [5.41, 5.74) is 0.198. The minimum atomic E-state index is -4.46. The molecule has 1 heterocycles. The minimum Gasteiger partial charge on any atom is -0.351 e. The third-order valence-corrected chi connectivity index (χ3v) is 3.51. The minimum absolute atomic E-state index is 0.0708. The van der Waals surface area contributed by atoms with Crippen LogP contribution in [0.25, 0.3) is 10.9 Å². The maximum atomic E-state index is 12.7. The molecule has 0 saturated heterocycles. The van der Waals surface area contributed by atoms with Crippen LogP contribution in [0.5, 0.6) is 0 Å². The molecule has 0 fully saturated rings. The van der Waals surface area contributed by atoms with Gasteiger partial charge in [0.05, 0.1) is 5.56 Å². The first-order valence-corrected chi connectivity index (χ1v) is 6.97. The molecule has 1 aromatic heterocycles. The van der Waals surface area contributed by atoms with Crippen molar-refractivity contribution in [3.8, 4) is 0 Å². The van der Waals surface area contributed by atoms with Gasteiger partial charge in [-0.2, -0.15) is 13.2 Å². The second kappa shape index (κ2) is 5.62. The summed E-state index contributed by atoms with van der Waals surface area (Å²) in [6.07, 6.45) is -4.46. The Balaban J connectivity index is 1.86. The van der Waals surface area contributed by atoms with Crippen LogP contribution < -0.4 is 5.32 Å². The Morgan fingerprint density at radius 2 is 1.87 bits per heavy atom. The van der Waals surface area contributed by atoms with Crippen molar-refractivity contribution in [2.75, 3.05) is 5.32 Å². The number of carbonyl (C=O) groups is 1. The molecule has 3 nitrogen and oxygen atoms in total. The molecule has 118 valence electrons. The molecule has 2 N–H and O–H groups in total. The van der Waals surface area contributed by atoms with Crippen molar-refractivity contribution < 1.29 is 18.0 Å². The number of rotatable bonds is 2. The van der Waals surface area contributed by atoms with Crippen LogP contribution in [0.15, 0.2) is 48.5 Å². The number of hydrogen-bond acceptors (Lipinski definition) is 1. The fourth-order valence-corrected chi connectivity index (χ4v) is 2.38. The van der Waals surface area contributed by atoms with Crippen LogP contribution in [0, 0.1) is 0 Å². The number of fused-ring (bicyclic) bond motifs is 1. The Bertz CT molecular complexity index is 886. The molecule has 0 aliphatic heterocycles. The third-order valence-electron chi connectivity index (χ3n) is 3.28. The number of benzene rings is 2. The molecule has 0 atom stereocenters. The maximum absolute atomic E-state index is 12.7. The molecule has 7 heteroatoms. The van der Waals surface area contributed by atoms with Crippen molar-refractivity contribution in [1.29, 1.82) is 0 Å². The first kappa shape index (κ1) is 15.4. The average molecular weight is 339 g/mol. The van der Waals surface area contributed by atoms with E-state index in [0.29, 0.717) is 10.5 Å². The first-order valence-electron chi connectivity index (χ1n) is 6.60. The lowest BCUT2D eigenvalue weighted by molar-refractivity contribution is -0.137. The van der Waals surface area contributed by atoms with Crippen LogP contribution in [0.4, 0.5) is 18.9 Å². The van der Waals surface area contributed by atoms with Gasteiger partial charge >= 0.3 is 6.18 Å². The number of halogens is 4. The molecular formula is C16H10ClF3N2O.